The maximum atomic E-state index is 13.0. The molecule has 0 aromatic heterocycles. The molecule has 0 bridgehead atoms. The van der Waals surface area contributed by atoms with Crippen molar-refractivity contribution >= 4 is 15.7 Å². The number of hydrogen-bond donors (Lipinski definition) is 1. The third-order valence-corrected chi connectivity index (χ3v) is 6.79. The molecule has 1 aromatic rings. The van der Waals surface area contributed by atoms with Crippen LogP contribution in [0.1, 0.15) is 43.7 Å². The van der Waals surface area contributed by atoms with Crippen LogP contribution in [0, 0.1) is 19.8 Å². The van der Waals surface area contributed by atoms with E-state index in [1.807, 2.05) is 19.9 Å². The summed E-state index contributed by atoms with van der Waals surface area (Å²) in [4.78, 5) is 0.303. The van der Waals surface area contributed by atoms with E-state index in [2.05, 4.69) is 6.92 Å². The Bertz CT molecular complexity index is 611. The van der Waals surface area contributed by atoms with Gasteiger partial charge in [-0.1, -0.05) is 19.4 Å². The van der Waals surface area contributed by atoms with Crippen LogP contribution in [0.2, 0.25) is 0 Å². The topological polar surface area (TPSA) is 63.4 Å². The first-order chi connectivity index (χ1) is 9.87. The van der Waals surface area contributed by atoms with Gasteiger partial charge >= 0.3 is 0 Å². The lowest BCUT2D eigenvalue weighted by Crippen LogP contribution is -2.33. The average Bonchev–Trinajstić information content (AvgIpc) is 2.69. The molecule has 0 amide bonds. The van der Waals surface area contributed by atoms with Gasteiger partial charge in [-0.15, -0.1) is 0 Å². The lowest BCUT2D eigenvalue weighted by Gasteiger charge is -2.23. The van der Waals surface area contributed by atoms with Crippen LogP contribution in [-0.2, 0) is 10.0 Å². The third kappa shape index (κ3) is 3.24. The monoisotopic (exact) mass is 310 g/mol. The quantitative estimate of drug-likeness (QED) is 0.873. The molecule has 1 atom stereocenters. The zero-order valence-corrected chi connectivity index (χ0v) is 14.0. The molecule has 1 heterocycles. The molecule has 1 aliphatic rings. The van der Waals surface area contributed by atoms with Crippen LogP contribution in [0.3, 0.4) is 0 Å². The van der Waals surface area contributed by atoms with Crippen LogP contribution in [-0.4, -0.2) is 25.8 Å². The summed E-state index contributed by atoms with van der Waals surface area (Å²) in [5, 5.41) is 0. The summed E-state index contributed by atoms with van der Waals surface area (Å²) in [6.07, 6.45) is 4.12. The summed E-state index contributed by atoms with van der Waals surface area (Å²) in [6, 6.07) is 3.57. The van der Waals surface area contributed by atoms with Crippen molar-refractivity contribution in [2.24, 2.45) is 5.92 Å². The minimum Gasteiger partial charge on any atom is -0.398 e. The van der Waals surface area contributed by atoms with Gasteiger partial charge in [0.2, 0.25) is 10.0 Å². The van der Waals surface area contributed by atoms with Crippen LogP contribution in [0.5, 0.6) is 0 Å². The Labute approximate surface area is 128 Å². The summed E-state index contributed by atoms with van der Waals surface area (Å²) in [7, 11) is -3.49. The second kappa shape index (κ2) is 6.36. The number of benzene rings is 1. The van der Waals surface area contributed by atoms with Gasteiger partial charge in [-0.2, -0.15) is 4.31 Å². The van der Waals surface area contributed by atoms with Crippen molar-refractivity contribution in [2.75, 3.05) is 18.8 Å². The molecule has 1 aliphatic heterocycles. The Morgan fingerprint density at radius 3 is 2.62 bits per heavy atom. The van der Waals surface area contributed by atoms with Crippen LogP contribution in [0.4, 0.5) is 5.69 Å². The standard InChI is InChI=1S/C16H26N2O2S/c1-4-14-6-5-10-18(11-9-14)21(19,20)16-13(3)12(2)7-8-15(16)17/h7-8,14H,4-6,9-11,17H2,1-3H3. The van der Waals surface area contributed by atoms with E-state index in [1.165, 1.54) is 0 Å². The van der Waals surface area contributed by atoms with E-state index in [0.717, 1.165) is 36.8 Å². The molecule has 0 radical (unpaired) electrons. The maximum Gasteiger partial charge on any atom is 0.245 e. The predicted octanol–water partition coefficient (Wildman–Crippen LogP) is 3.09. The first-order valence-corrected chi connectivity index (χ1v) is 9.17. The van der Waals surface area contributed by atoms with E-state index in [9.17, 15) is 8.42 Å². The van der Waals surface area contributed by atoms with E-state index in [-0.39, 0.29) is 0 Å². The van der Waals surface area contributed by atoms with Crippen molar-refractivity contribution < 1.29 is 8.42 Å². The van der Waals surface area contributed by atoms with E-state index in [1.54, 1.807) is 10.4 Å². The van der Waals surface area contributed by atoms with Crippen molar-refractivity contribution in [3.63, 3.8) is 0 Å². The SMILES string of the molecule is CCC1CCCN(S(=O)(=O)c2c(N)ccc(C)c2C)CC1. The minimum atomic E-state index is -3.49. The Hall–Kier alpha value is -1.07. The summed E-state index contributed by atoms with van der Waals surface area (Å²) in [6.45, 7) is 7.14. The number of aryl methyl sites for hydroxylation is 1. The van der Waals surface area contributed by atoms with Crippen LogP contribution in [0.15, 0.2) is 17.0 Å². The molecule has 5 heteroatoms. The summed E-state index contributed by atoms with van der Waals surface area (Å²) >= 11 is 0. The molecular formula is C16H26N2O2S. The first-order valence-electron chi connectivity index (χ1n) is 7.73. The lowest BCUT2D eigenvalue weighted by atomic mass is 9.98. The molecule has 2 rings (SSSR count). The third-order valence-electron chi connectivity index (χ3n) is 4.69. The second-order valence-electron chi connectivity index (χ2n) is 6.04. The molecule has 2 N–H and O–H groups in total. The highest BCUT2D eigenvalue weighted by Crippen LogP contribution is 2.30. The number of nitrogens with zero attached hydrogens (tertiary/aromatic N) is 1. The largest absolute Gasteiger partial charge is 0.398 e. The van der Waals surface area contributed by atoms with Gasteiger partial charge in [-0.05, 0) is 56.2 Å². The van der Waals surface area contributed by atoms with Crippen molar-refractivity contribution in [1.29, 1.82) is 0 Å². The normalized spacial score (nSPS) is 21.2. The molecule has 1 saturated heterocycles. The van der Waals surface area contributed by atoms with Gasteiger partial charge in [0.25, 0.3) is 0 Å². The second-order valence-corrected chi connectivity index (χ2v) is 7.91. The molecular weight excluding hydrogens is 284 g/mol. The zero-order chi connectivity index (χ0) is 15.6. The average molecular weight is 310 g/mol. The number of rotatable bonds is 3. The number of sulfonamides is 1. The van der Waals surface area contributed by atoms with Gasteiger partial charge in [-0.25, -0.2) is 8.42 Å². The number of hydrogen-bond acceptors (Lipinski definition) is 3. The van der Waals surface area contributed by atoms with Crippen molar-refractivity contribution in [3.05, 3.63) is 23.3 Å². The van der Waals surface area contributed by atoms with E-state index in [4.69, 9.17) is 5.73 Å². The van der Waals surface area contributed by atoms with E-state index >= 15 is 0 Å². The molecule has 0 aliphatic carbocycles. The summed E-state index contributed by atoms with van der Waals surface area (Å²) in [5.74, 6) is 0.640. The van der Waals surface area contributed by atoms with Gasteiger partial charge < -0.3 is 5.73 Å². The van der Waals surface area contributed by atoms with Gasteiger partial charge in [0, 0.05) is 13.1 Å². The Morgan fingerprint density at radius 2 is 1.95 bits per heavy atom. The molecule has 118 valence electrons. The van der Waals surface area contributed by atoms with Crippen molar-refractivity contribution in [3.8, 4) is 0 Å². The summed E-state index contributed by atoms with van der Waals surface area (Å²) in [5.41, 5.74) is 8.06. The Kier molecular flexibility index (Phi) is 4.94. The van der Waals surface area contributed by atoms with Crippen LogP contribution in [0.25, 0.3) is 0 Å². The van der Waals surface area contributed by atoms with Crippen molar-refractivity contribution in [1.82, 2.24) is 4.31 Å². The highest BCUT2D eigenvalue weighted by atomic mass is 32.2. The van der Waals surface area contributed by atoms with E-state index in [0.29, 0.717) is 29.6 Å². The van der Waals surface area contributed by atoms with Crippen molar-refractivity contribution in [2.45, 2.75) is 51.3 Å². The van der Waals surface area contributed by atoms with Gasteiger partial charge in [0.15, 0.2) is 0 Å². The maximum absolute atomic E-state index is 13.0. The van der Waals surface area contributed by atoms with Gasteiger partial charge in [0.1, 0.15) is 4.90 Å². The van der Waals surface area contributed by atoms with Gasteiger partial charge in [0.05, 0.1) is 5.69 Å². The minimum absolute atomic E-state index is 0.303. The number of nitrogens with two attached hydrogens (primary N) is 1. The number of nitrogen functional groups attached to an aromatic ring is 1. The molecule has 0 saturated carbocycles. The first kappa shape index (κ1) is 16.3. The molecule has 1 fully saturated rings. The van der Waals surface area contributed by atoms with Crippen LogP contribution >= 0.6 is 0 Å². The highest BCUT2D eigenvalue weighted by molar-refractivity contribution is 7.89. The fourth-order valence-corrected chi connectivity index (χ4v) is 4.96. The lowest BCUT2D eigenvalue weighted by molar-refractivity contribution is 0.407. The van der Waals surface area contributed by atoms with Gasteiger partial charge in [-0.3, -0.25) is 0 Å². The molecule has 1 aromatic carbocycles. The Balaban J connectivity index is 2.36. The zero-order valence-electron chi connectivity index (χ0n) is 13.2. The molecule has 0 spiro atoms. The molecule has 1 unspecified atom stereocenters. The number of anilines is 1. The predicted molar refractivity (Wildman–Crippen MR) is 86.7 cm³/mol. The highest BCUT2D eigenvalue weighted by Gasteiger charge is 2.30. The summed E-state index contributed by atoms with van der Waals surface area (Å²) < 4.78 is 27.6. The fourth-order valence-electron chi connectivity index (χ4n) is 3.07. The van der Waals surface area contributed by atoms with Crippen LogP contribution < -0.4 is 5.73 Å². The Morgan fingerprint density at radius 1 is 1.24 bits per heavy atom. The smallest absolute Gasteiger partial charge is 0.245 e. The molecule has 21 heavy (non-hydrogen) atoms. The molecule has 4 nitrogen and oxygen atoms in total. The van der Waals surface area contributed by atoms with E-state index < -0.39 is 10.0 Å². The fraction of sp³-hybridized carbons (Fsp3) is 0.625.